The largest absolute Gasteiger partial charge is 0.490 e. The number of anilines is 1. The fourth-order valence-corrected chi connectivity index (χ4v) is 5.00. The molecule has 4 atom stereocenters. The summed E-state index contributed by atoms with van der Waals surface area (Å²) in [7, 11) is -1.45. The molecule has 1 amide bonds. The smallest absolute Gasteiger partial charge is 0.258 e. The molecular formula is C26H45N3O6S. The monoisotopic (exact) mass is 527 g/mol. The summed E-state index contributed by atoms with van der Waals surface area (Å²) in [5.41, 5.74) is 0.551. The van der Waals surface area contributed by atoms with E-state index >= 15 is 0 Å². The number of carbonyl (C=O) groups is 1. The van der Waals surface area contributed by atoms with Crippen LogP contribution in [0.2, 0.25) is 0 Å². The Morgan fingerprint density at radius 1 is 1.28 bits per heavy atom. The van der Waals surface area contributed by atoms with Crippen molar-refractivity contribution in [3.63, 3.8) is 0 Å². The first-order valence-electron chi connectivity index (χ1n) is 13.0. The number of benzene rings is 1. The summed E-state index contributed by atoms with van der Waals surface area (Å²) in [6.45, 7) is 10.5. The Morgan fingerprint density at radius 2 is 2.00 bits per heavy atom. The molecule has 0 saturated heterocycles. The summed E-state index contributed by atoms with van der Waals surface area (Å²) in [6, 6.07) is 4.31. The van der Waals surface area contributed by atoms with E-state index in [2.05, 4.69) is 30.5 Å². The molecule has 2 N–H and O–H groups in total. The number of ether oxygens (including phenoxy) is 2. The van der Waals surface area contributed by atoms with E-state index in [0.717, 1.165) is 45.0 Å². The van der Waals surface area contributed by atoms with E-state index in [0.29, 0.717) is 18.9 Å². The number of nitrogens with zero attached hydrogens (tertiary/aromatic N) is 2. The molecule has 10 heteroatoms. The number of fused-ring (bicyclic) bond motifs is 1. The maximum absolute atomic E-state index is 13.9. The lowest BCUT2D eigenvalue weighted by Gasteiger charge is -2.35. The van der Waals surface area contributed by atoms with Crippen molar-refractivity contribution in [2.45, 2.75) is 71.6 Å². The highest BCUT2D eigenvalue weighted by molar-refractivity contribution is 7.92. The van der Waals surface area contributed by atoms with Crippen molar-refractivity contribution in [2.75, 3.05) is 50.9 Å². The SMILES string of the molecule is CCCN(C)C[C@@H]1OCCCC[C@@H](C)Oc2ccc(NS(C)(=O)=O)cc2C(=O)N([C@@H](C)CO)C[C@@H]1C. The van der Waals surface area contributed by atoms with Crippen LogP contribution in [0.3, 0.4) is 0 Å². The van der Waals surface area contributed by atoms with Gasteiger partial charge in [0.1, 0.15) is 5.75 Å². The summed E-state index contributed by atoms with van der Waals surface area (Å²) >= 11 is 0. The number of hydrogen-bond acceptors (Lipinski definition) is 7. The molecule has 2 rings (SSSR count). The van der Waals surface area contributed by atoms with Gasteiger partial charge in [0.05, 0.1) is 36.7 Å². The van der Waals surface area contributed by atoms with E-state index in [4.69, 9.17) is 9.47 Å². The van der Waals surface area contributed by atoms with Gasteiger partial charge >= 0.3 is 0 Å². The summed E-state index contributed by atoms with van der Waals surface area (Å²) in [4.78, 5) is 17.8. The number of hydrogen-bond donors (Lipinski definition) is 2. The van der Waals surface area contributed by atoms with Gasteiger partial charge in [0.2, 0.25) is 10.0 Å². The van der Waals surface area contributed by atoms with Gasteiger partial charge in [-0.25, -0.2) is 8.42 Å². The van der Waals surface area contributed by atoms with Crippen molar-refractivity contribution in [2.24, 2.45) is 5.92 Å². The van der Waals surface area contributed by atoms with Gasteiger partial charge in [0.15, 0.2) is 0 Å². The third-order valence-electron chi connectivity index (χ3n) is 6.45. The van der Waals surface area contributed by atoms with Crippen molar-refractivity contribution in [1.82, 2.24) is 9.80 Å². The van der Waals surface area contributed by atoms with Gasteiger partial charge in [-0.1, -0.05) is 13.8 Å². The molecule has 0 aliphatic carbocycles. The highest BCUT2D eigenvalue weighted by atomic mass is 32.2. The maximum Gasteiger partial charge on any atom is 0.258 e. The second-order valence-electron chi connectivity index (χ2n) is 10.1. The number of nitrogens with one attached hydrogen (secondary N) is 1. The molecule has 1 aliphatic rings. The van der Waals surface area contributed by atoms with Crippen LogP contribution in [-0.4, -0.2) is 93.6 Å². The van der Waals surface area contributed by atoms with Gasteiger partial charge in [0, 0.05) is 31.3 Å². The van der Waals surface area contributed by atoms with Crippen LogP contribution in [0.25, 0.3) is 0 Å². The van der Waals surface area contributed by atoms with Crippen LogP contribution in [0.5, 0.6) is 5.75 Å². The Morgan fingerprint density at radius 3 is 2.64 bits per heavy atom. The highest BCUT2D eigenvalue weighted by Crippen LogP contribution is 2.28. The van der Waals surface area contributed by atoms with Crippen molar-refractivity contribution in [3.8, 4) is 5.75 Å². The first-order chi connectivity index (χ1) is 16.9. The second-order valence-corrected chi connectivity index (χ2v) is 11.9. The van der Waals surface area contributed by atoms with Crippen molar-refractivity contribution >= 4 is 21.6 Å². The van der Waals surface area contributed by atoms with E-state index in [1.165, 1.54) is 6.07 Å². The molecular weight excluding hydrogens is 482 g/mol. The molecule has 0 radical (unpaired) electrons. The topological polar surface area (TPSA) is 108 Å². The minimum absolute atomic E-state index is 0.00539. The predicted octanol–water partition coefficient (Wildman–Crippen LogP) is 3.20. The molecule has 9 nitrogen and oxygen atoms in total. The van der Waals surface area contributed by atoms with Crippen LogP contribution in [0.1, 0.15) is 63.7 Å². The van der Waals surface area contributed by atoms with E-state index in [1.807, 2.05) is 6.92 Å². The Balaban J connectivity index is 2.48. The number of rotatable bonds is 8. The van der Waals surface area contributed by atoms with E-state index in [-0.39, 0.29) is 41.9 Å². The van der Waals surface area contributed by atoms with Crippen LogP contribution >= 0.6 is 0 Å². The molecule has 1 aliphatic heterocycles. The van der Waals surface area contributed by atoms with Gasteiger partial charge in [-0.15, -0.1) is 0 Å². The van der Waals surface area contributed by atoms with Gasteiger partial charge in [-0.3, -0.25) is 9.52 Å². The van der Waals surface area contributed by atoms with Crippen LogP contribution in [0, 0.1) is 5.92 Å². The van der Waals surface area contributed by atoms with Crippen molar-refractivity contribution in [3.05, 3.63) is 23.8 Å². The lowest BCUT2D eigenvalue weighted by Crippen LogP contribution is -2.47. The van der Waals surface area contributed by atoms with E-state index in [1.54, 1.807) is 24.0 Å². The zero-order valence-electron chi connectivity index (χ0n) is 22.7. The summed E-state index contributed by atoms with van der Waals surface area (Å²) in [5.74, 6) is 0.0909. The molecule has 0 fully saturated rings. The van der Waals surface area contributed by atoms with E-state index in [9.17, 15) is 18.3 Å². The fourth-order valence-electron chi connectivity index (χ4n) is 4.44. The number of aliphatic hydroxyl groups excluding tert-OH is 1. The number of carbonyl (C=O) groups excluding carboxylic acids is 1. The molecule has 1 aromatic carbocycles. The number of likely N-dealkylation sites (N-methyl/N-ethyl adjacent to an activating group) is 1. The molecule has 206 valence electrons. The Bertz CT molecular complexity index is 942. The standard InChI is InChI=1S/C26H45N3O6S/c1-7-13-28(5)17-25-19(2)16-29(20(3)18-30)26(31)23-15-22(27-36(6,32)33)11-12-24(23)35-21(4)10-8-9-14-34-25/h11-12,15,19-21,25,27,30H,7-10,13-14,16-18H2,1-6H3/t19-,20-,21+,25-/m0/s1. The molecule has 0 unspecified atom stereocenters. The van der Waals surface area contributed by atoms with Crippen molar-refractivity contribution < 1.29 is 27.8 Å². The lowest BCUT2D eigenvalue weighted by atomic mass is 10.0. The first kappa shape index (κ1) is 30.3. The Kier molecular flexibility index (Phi) is 11.9. The zero-order valence-corrected chi connectivity index (χ0v) is 23.5. The molecule has 1 aromatic rings. The van der Waals surface area contributed by atoms with Gasteiger partial charge < -0.3 is 24.4 Å². The summed E-state index contributed by atoms with van der Waals surface area (Å²) in [5, 5.41) is 9.98. The molecule has 0 saturated carbocycles. The zero-order chi connectivity index (χ0) is 26.9. The Labute approximate surface area is 217 Å². The number of aliphatic hydroxyl groups is 1. The predicted molar refractivity (Wildman–Crippen MR) is 143 cm³/mol. The van der Waals surface area contributed by atoms with Crippen LogP contribution in [0.4, 0.5) is 5.69 Å². The summed E-state index contributed by atoms with van der Waals surface area (Å²) in [6.07, 6.45) is 4.54. The third kappa shape index (κ3) is 9.53. The molecule has 36 heavy (non-hydrogen) atoms. The maximum atomic E-state index is 13.9. The normalized spacial score (nSPS) is 23.5. The van der Waals surface area contributed by atoms with Crippen LogP contribution in [0.15, 0.2) is 18.2 Å². The molecule has 0 spiro atoms. The quantitative estimate of drug-likeness (QED) is 0.534. The number of amides is 1. The van der Waals surface area contributed by atoms with Crippen LogP contribution < -0.4 is 9.46 Å². The van der Waals surface area contributed by atoms with Gasteiger partial charge in [-0.2, -0.15) is 0 Å². The van der Waals surface area contributed by atoms with Gasteiger partial charge in [0.25, 0.3) is 5.91 Å². The molecule has 0 bridgehead atoms. The Hall–Kier alpha value is -1.88. The minimum Gasteiger partial charge on any atom is -0.490 e. The second kappa shape index (κ2) is 14.2. The van der Waals surface area contributed by atoms with Crippen molar-refractivity contribution in [1.29, 1.82) is 0 Å². The highest BCUT2D eigenvalue weighted by Gasteiger charge is 2.30. The van der Waals surface area contributed by atoms with Crippen LogP contribution in [-0.2, 0) is 14.8 Å². The average Bonchev–Trinajstić information content (AvgIpc) is 2.80. The molecule has 0 aromatic heterocycles. The van der Waals surface area contributed by atoms with E-state index < -0.39 is 16.1 Å². The average molecular weight is 528 g/mol. The lowest BCUT2D eigenvalue weighted by molar-refractivity contribution is -0.0167. The molecule has 1 heterocycles. The fraction of sp³-hybridized carbons (Fsp3) is 0.731. The van der Waals surface area contributed by atoms with Gasteiger partial charge in [-0.05, 0) is 71.3 Å². The number of sulfonamides is 1. The minimum atomic E-state index is -3.52. The summed E-state index contributed by atoms with van der Waals surface area (Å²) < 4.78 is 38.6. The third-order valence-corrected chi connectivity index (χ3v) is 7.06. The first-order valence-corrected chi connectivity index (χ1v) is 14.8.